The van der Waals surface area contributed by atoms with Crippen LogP contribution in [0.25, 0.3) is 10.8 Å². The van der Waals surface area contributed by atoms with Gasteiger partial charge in [0.25, 0.3) is 0 Å². The number of ether oxygens (including phenoxy) is 1. The second-order valence-corrected chi connectivity index (χ2v) is 6.64. The third kappa shape index (κ3) is 3.54. The summed E-state index contributed by atoms with van der Waals surface area (Å²) in [5.74, 6) is 1.28. The van der Waals surface area contributed by atoms with Gasteiger partial charge in [0, 0.05) is 13.1 Å². The first-order valence-electron chi connectivity index (χ1n) is 8.60. The number of hydrogen-bond acceptors (Lipinski definition) is 3. The number of hydrogen-bond donors (Lipinski definition) is 1. The van der Waals surface area contributed by atoms with E-state index in [1.807, 2.05) is 42.2 Å². The van der Waals surface area contributed by atoms with E-state index in [9.17, 15) is 9.90 Å². The van der Waals surface area contributed by atoms with Gasteiger partial charge in [-0.1, -0.05) is 24.3 Å². The topological polar surface area (TPSA) is 49.8 Å². The lowest BCUT2D eigenvalue weighted by atomic mass is 9.92. The molecule has 2 aromatic rings. The Morgan fingerprint density at radius 1 is 1.29 bits per heavy atom. The van der Waals surface area contributed by atoms with E-state index < -0.39 is 0 Å². The van der Waals surface area contributed by atoms with E-state index in [0.29, 0.717) is 12.3 Å². The van der Waals surface area contributed by atoms with Crippen LogP contribution in [0.4, 0.5) is 0 Å². The van der Waals surface area contributed by atoms with E-state index in [4.69, 9.17) is 4.74 Å². The molecule has 1 unspecified atom stereocenters. The summed E-state index contributed by atoms with van der Waals surface area (Å²) in [5.41, 5.74) is 1.04. The molecule has 0 saturated carbocycles. The maximum absolute atomic E-state index is 12.7. The van der Waals surface area contributed by atoms with Crippen LogP contribution in [-0.2, 0) is 11.2 Å². The molecule has 0 bridgehead atoms. The van der Waals surface area contributed by atoms with Crippen LogP contribution in [0.1, 0.15) is 25.3 Å². The first-order chi connectivity index (χ1) is 11.6. The number of amides is 1. The molecule has 1 fully saturated rings. The Labute approximate surface area is 143 Å². The SMILES string of the molecule is COc1ccc2cccc(CC(=O)N3CCC(C(C)O)CC3)c2c1. The van der Waals surface area contributed by atoms with E-state index in [1.54, 1.807) is 7.11 Å². The molecule has 3 rings (SSSR count). The molecule has 0 radical (unpaired) electrons. The van der Waals surface area contributed by atoms with Gasteiger partial charge in [0.2, 0.25) is 5.91 Å². The van der Waals surface area contributed by atoms with E-state index in [1.165, 1.54) is 0 Å². The van der Waals surface area contributed by atoms with Gasteiger partial charge in [-0.25, -0.2) is 0 Å². The normalized spacial score (nSPS) is 17.0. The molecule has 1 amide bonds. The molecule has 1 N–H and O–H groups in total. The quantitative estimate of drug-likeness (QED) is 0.939. The van der Waals surface area contributed by atoms with Gasteiger partial charge in [-0.15, -0.1) is 0 Å². The fourth-order valence-electron chi connectivity index (χ4n) is 3.50. The third-order valence-corrected chi connectivity index (χ3v) is 5.10. The molecule has 4 heteroatoms. The fraction of sp³-hybridized carbons (Fsp3) is 0.450. The molecule has 1 atom stereocenters. The van der Waals surface area contributed by atoms with Gasteiger partial charge >= 0.3 is 0 Å². The highest BCUT2D eigenvalue weighted by molar-refractivity contribution is 5.91. The van der Waals surface area contributed by atoms with Gasteiger partial charge in [0.1, 0.15) is 5.75 Å². The molecule has 0 aromatic heterocycles. The molecule has 128 valence electrons. The second-order valence-electron chi connectivity index (χ2n) is 6.64. The number of rotatable bonds is 4. The lowest BCUT2D eigenvalue weighted by Gasteiger charge is -2.33. The molecule has 1 aliphatic rings. The lowest BCUT2D eigenvalue weighted by molar-refractivity contribution is -0.132. The molecule has 1 aliphatic heterocycles. The Morgan fingerprint density at radius 2 is 2.04 bits per heavy atom. The van der Waals surface area contributed by atoms with Crippen molar-refractivity contribution in [3.05, 3.63) is 42.0 Å². The third-order valence-electron chi connectivity index (χ3n) is 5.10. The minimum atomic E-state index is -0.284. The number of piperidine rings is 1. The molecule has 1 heterocycles. The van der Waals surface area contributed by atoms with Crippen LogP contribution in [0, 0.1) is 5.92 Å². The summed E-state index contributed by atoms with van der Waals surface area (Å²) in [5, 5.41) is 11.9. The molecule has 0 spiro atoms. The van der Waals surface area contributed by atoms with Crippen LogP contribution in [0.2, 0.25) is 0 Å². The highest BCUT2D eigenvalue weighted by Crippen LogP contribution is 2.26. The first kappa shape index (κ1) is 16.8. The maximum atomic E-state index is 12.7. The highest BCUT2D eigenvalue weighted by atomic mass is 16.5. The number of carbonyl (C=O) groups is 1. The van der Waals surface area contributed by atoms with Crippen molar-refractivity contribution >= 4 is 16.7 Å². The Morgan fingerprint density at radius 3 is 2.71 bits per heavy atom. The van der Waals surface area contributed by atoms with Crippen molar-refractivity contribution in [1.82, 2.24) is 4.90 Å². The van der Waals surface area contributed by atoms with Crippen molar-refractivity contribution in [2.75, 3.05) is 20.2 Å². The number of aliphatic hydroxyl groups is 1. The number of carbonyl (C=O) groups excluding carboxylic acids is 1. The second kappa shape index (κ2) is 7.22. The minimum Gasteiger partial charge on any atom is -0.497 e. The van der Waals surface area contributed by atoms with Crippen molar-refractivity contribution in [1.29, 1.82) is 0 Å². The van der Waals surface area contributed by atoms with Crippen molar-refractivity contribution < 1.29 is 14.6 Å². The highest BCUT2D eigenvalue weighted by Gasteiger charge is 2.25. The van der Waals surface area contributed by atoms with E-state index in [0.717, 1.165) is 48.0 Å². The van der Waals surface area contributed by atoms with Gasteiger partial charge in [0.15, 0.2) is 0 Å². The predicted octanol–water partition coefficient (Wildman–Crippen LogP) is 3.01. The lowest BCUT2D eigenvalue weighted by Crippen LogP contribution is -2.41. The van der Waals surface area contributed by atoms with Crippen LogP contribution >= 0.6 is 0 Å². The number of fused-ring (bicyclic) bond motifs is 1. The van der Waals surface area contributed by atoms with Crippen molar-refractivity contribution in [2.24, 2.45) is 5.92 Å². The number of nitrogens with zero attached hydrogens (tertiary/aromatic N) is 1. The summed E-state index contributed by atoms with van der Waals surface area (Å²) >= 11 is 0. The van der Waals surface area contributed by atoms with Gasteiger partial charge < -0.3 is 14.7 Å². The van der Waals surface area contributed by atoms with Gasteiger partial charge in [-0.05, 0) is 54.2 Å². The van der Waals surface area contributed by atoms with Gasteiger partial charge in [0.05, 0.1) is 19.6 Å². The zero-order valence-electron chi connectivity index (χ0n) is 14.4. The molecule has 24 heavy (non-hydrogen) atoms. The fourth-order valence-corrected chi connectivity index (χ4v) is 3.50. The maximum Gasteiger partial charge on any atom is 0.227 e. The monoisotopic (exact) mass is 327 g/mol. The summed E-state index contributed by atoms with van der Waals surface area (Å²) in [6, 6.07) is 12.0. The van der Waals surface area contributed by atoms with Crippen LogP contribution < -0.4 is 4.74 Å². The summed E-state index contributed by atoms with van der Waals surface area (Å²) in [6.07, 6.45) is 1.89. The average molecular weight is 327 g/mol. The first-order valence-corrected chi connectivity index (χ1v) is 8.60. The number of benzene rings is 2. The molecule has 0 aliphatic carbocycles. The zero-order chi connectivity index (χ0) is 17.1. The van der Waals surface area contributed by atoms with E-state index in [-0.39, 0.29) is 12.0 Å². The van der Waals surface area contributed by atoms with Crippen LogP contribution in [0.3, 0.4) is 0 Å². The van der Waals surface area contributed by atoms with Crippen LogP contribution in [0.15, 0.2) is 36.4 Å². The minimum absolute atomic E-state index is 0.161. The van der Waals surface area contributed by atoms with Crippen LogP contribution in [0.5, 0.6) is 5.75 Å². The molecule has 2 aromatic carbocycles. The number of aliphatic hydroxyl groups excluding tert-OH is 1. The Balaban J connectivity index is 1.74. The smallest absolute Gasteiger partial charge is 0.227 e. The van der Waals surface area contributed by atoms with E-state index in [2.05, 4.69) is 6.07 Å². The van der Waals surface area contributed by atoms with Gasteiger partial charge in [-0.2, -0.15) is 0 Å². The number of likely N-dealkylation sites (tertiary alicyclic amines) is 1. The Bertz CT molecular complexity index is 718. The summed E-state index contributed by atoms with van der Waals surface area (Å²) in [7, 11) is 1.65. The molecular weight excluding hydrogens is 302 g/mol. The van der Waals surface area contributed by atoms with Crippen molar-refractivity contribution in [3.8, 4) is 5.75 Å². The largest absolute Gasteiger partial charge is 0.497 e. The number of methoxy groups -OCH3 is 1. The predicted molar refractivity (Wildman–Crippen MR) is 95.2 cm³/mol. The standard InChI is InChI=1S/C20H25NO3/c1-14(22)15-8-10-21(11-9-15)20(23)12-17-5-3-4-16-6-7-18(24-2)13-19(16)17/h3-7,13-15,22H,8-12H2,1-2H3. The average Bonchev–Trinajstić information content (AvgIpc) is 2.61. The summed E-state index contributed by atoms with van der Waals surface area (Å²) in [6.45, 7) is 3.32. The Hall–Kier alpha value is -2.07. The van der Waals surface area contributed by atoms with Crippen LogP contribution in [-0.4, -0.2) is 42.2 Å². The summed E-state index contributed by atoms with van der Waals surface area (Å²) in [4.78, 5) is 14.6. The van der Waals surface area contributed by atoms with E-state index >= 15 is 0 Å². The molecule has 4 nitrogen and oxygen atoms in total. The molecular formula is C20H25NO3. The Kier molecular flexibility index (Phi) is 5.05. The van der Waals surface area contributed by atoms with Crippen molar-refractivity contribution in [3.63, 3.8) is 0 Å². The van der Waals surface area contributed by atoms with Crippen molar-refractivity contribution in [2.45, 2.75) is 32.3 Å². The molecule has 1 saturated heterocycles. The zero-order valence-corrected chi connectivity index (χ0v) is 14.4. The van der Waals surface area contributed by atoms with Gasteiger partial charge in [-0.3, -0.25) is 4.79 Å². The summed E-state index contributed by atoms with van der Waals surface area (Å²) < 4.78 is 5.31.